The quantitative estimate of drug-likeness (QED) is 0.631. The van der Waals surface area contributed by atoms with Gasteiger partial charge in [-0.05, 0) is 61.6 Å². The predicted molar refractivity (Wildman–Crippen MR) is 118 cm³/mol. The Morgan fingerprint density at radius 1 is 1.03 bits per heavy atom. The van der Waals surface area contributed by atoms with E-state index in [9.17, 15) is 14.4 Å². The summed E-state index contributed by atoms with van der Waals surface area (Å²) in [6.07, 6.45) is 5.25. The van der Waals surface area contributed by atoms with E-state index < -0.39 is 11.3 Å². The molecule has 0 spiro atoms. The smallest absolute Gasteiger partial charge is 0.317 e. The van der Waals surface area contributed by atoms with Crippen LogP contribution in [0.1, 0.15) is 54.4 Å². The van der Waals surface area contributed by atoms with Crippen molar-refractivity contribution in [2.24, 2.45) is 0 Å². The molecule has 2 fully saturated rings. The molecule has 0 aromatic heterocycles. The Kier molecular flexibility index (Phi) is 6.28. The summed E-state index contributed by atoms with van der Waals surface area (Å²) in [7, 11) is 0. The molecule has 0 heterocycles. The first-order valence-electron chi connectivity index (χ1n) is 10.6. The van der Waals surface area contributed by atoms with Crippen LogP contribution in [0, 0.1) is 0 Å². The number of carbonyl (C=O) groups excluding carboxylic acids is 3. The molecule has 2 aromatic carbocycles. The number of nitrogens with one attached hydrogen (secondary N) is 2. The largest absolute Gasteiger partial charge is 0.455 e. The summed E-state index contributed by atoms with van der Waals surface area (Å²) in [4.78, 5) is 37.5. The zero-order valence-electron chi connectivity index (χ0n) is 17.2. The van der Waals surface area contributed by atoms with E-state index in [1.165, 1.54) is 0 Å². The number of carbonyl (C=O) groups is 3. The van der Waals surface area contributed by atoms with E-state index in [4.69, 9.17) is 16.3 Å². The van der Waals surface area contributed by atoms with Gasteiger partial charge in [-0.15, -0.1) is 0 Å². The molecule has 2 saturated carbocycles. The summed E-state index contributed by atoms with van der Waals surface area (Å²) in [6.45, 7) is -0.382. The van der Waals surface area contributed by atoms with Gasteiger partial charge in [-0.1, -0.05) is 42.6 Å². The van der Waals surface area contributed by atoms with Crippen LogP contribution in [0.5, 0.6) is 0 Å². The van der Waals surface area contributed by atoms with E-state index in [-0.39, 0.29) is 24.5 Å². The Labute approximate surface area is 186 Å². The van der Waals surface area contributed by atoms with E-state index in [1.54, 1.807) is 36.4 Å². The van der Waals surface area contributed by atoms with Crippen molar-refractivity contribution in [3.05, 3.63) is 64.7 Å². The molecule has 162 valence electrons. The first kappa shape index (κ1) is 21.4. The Balaban J connectivity index is 1.36. The standard InChI is InChI=1S/C24H25ClN2O4/c25-18-8-6-17(7-9-18)24(12-1-2-13-24)23(30)31-15-21(28)26-20-5-3-4-16(14-20)22(29)27-19-10-11-19/h3-9,14,19H,1-2,10-13,15H2,(H,26,28)(H,27,29). The van der Waals surface area contributed by atoms with Gasteiger partial charge in [0.25, 0.3) is 11.8 Å². The molecule has 2 aromatic rings. The summed E-state index contributed by atoms with van der Waals surface area (Å²) in [5.41, 5.74) is 1.10. The third-order valence-electron chi connectivity index (χ3n) is 5.90. The monoisotopic (exact) mass is 440 g/mol. The molecule has 4 rings (SSSR count). The fraction of sp³-hybridized carbons (Fsp3) is 0.375. The second kappa shape index (κ2) is 9.10. The third-order valence-corrected chi connectivity index (χ3v) is 6.15. The normalized spacial score (nSPS) is 17.1. The lowest BCUT2D eigenvalue weighted by Crippen LogP contribution is -2.36. The van der Waals surface area contributed by atoms with Gasteiger partial charge in [-0.3, -0.25) is 14.4 Å². The lowest BCUT2D eigenvalue weighted by atomic mass is 9.79. The maximum Gasteiger partial charge on any atom is 0.317 e. The highest BCUT2D eigenvalue weighted by Gasteiger charge is 2.44. The molecule has 2 aliphatic rings. The minimum atomic E-state index is -0.730. The topological polar surface area (TPSA) is 84.5 Å². The number of halogens is 1. The summed E-state index contributed by atoms with van der Waals surface area (Å²) in [6, 6.07) is 14.2. The Bertz CT molecular complexity index is 979. The van der Waals surface area contributed by atoms with Crippen LogP contribution in [-0.4, -0.2) is 30.4 Å². The third kappa shape index (κ3) is 5.07. The summed E-state index contributed by atoms with van der Waals surface area (Å²) < 4.78 is 5.42. The number of amides is 2. The molecule has 7 heteroatoms. The highest BCUT2D eigenvalue weighted by Crippen LogP contribution is 2.42. The lowest BCUT2D eigenvalue weighted by molar-refractivity contribution is -0.153. The molecule has 0 unspecified atom stereocenters. The first-order chi connectivity index (χ1) is 15.0. The molecule has 31 heavy (non-hydrogen) atoms. The second-order valence-corrected chi connectivity index (χ2v) is 8.69. The van der Waals surface area contributed by atoms with Gasteiger partial charge < -0.3 is 15.4 Å². The lowest BCUT2D eigenvalue weighted by Gasteiger charge is -2.27. The summed E-state index contributed by atoms with van der Waals surface area (Å²) in [5, 5.41) is 6.22. The average Bonchev–Trinajstić information content (AvgIpc) is 3.44. The van der Waals surface area contributed by atoms with Crippen LogP contribution in [-0.2, 0) is 19.7 Å². The molecule has 0 radical (unpaired) electrons. The number of hydrogen-bond acceptors (Lipinski definition) is 4. The molecule has 2 aliphatic carbocycles. The van der Waals surface area contributed by atoms with Crippen molar-refractivity contribution in [1.29, 1.82) is 0 Å². The Morgan fingerprint density at radius 2 is 1.74 bits per heavy atom. The van der Waals surface area contributed by atoms with Crippen molar-refractivity contribution in [1.82, 2.24) is 5.32 Å². The van der Waals surface area contributed by atoms with E-state index in [0.29, 0.717) is 29.1 Å². The van der Waals surface area contributed by atoms with Crippen LogP contribution < -0.4 is 10.6 Å². The van der Waals surface area contributed by atoms with Crippen LogP contribution in [0.2, 0.25) is 5.02 Å². The van der Waals surface area contributed by atoms with Gasteiger partial charge in [0.2, 0.25) is 0 Å². The van der Waals surface area contributed by atoms with E-state index in [2.05, 4.69) is 10.6 Å². The fourth-order valence-electron chi connectivity index (χ4n) is 4.06. The maximum absolute atomic E-state index is 13.0. The number of ether oxygens (including phenoxy) is 1. The minimum absolute atomic E-state index is 0.156. The van der Waals surface area contributed by atoms with Crippen molar-refractivity contribution in [2.75, 3.05) is 11.9 Å². The van der Waals surface area contributed by atoms with Crippen LogP contribution in [0.25, 0.3) is 0 Å². The zero-order valence-corrected chi connectivity index (χ0v) is 17.9. The molecule has 0 bridgehead atoms. The van der Waals surface area contributed by atoms with Gasteiger partial charge in [0.05, 0.1) is 5.41 Å². The van der Waals surface area contributed by atoms with Gasteiger partial charge >= 0.3 is 5.97 Å². The maximum atomic E-state index is 13.0. The van der Waals surface area contributed by atoms with E-state index in [1.807, 2.05) is 12.1 Å². The van der Waals surface area contributed by atoms with Gasteiger partial charge in [-0.25, -0.2) is 0 Å². The van der Waals surface area contributed by atoms with Gasteiger partial charge in [0.15, 0.2) is 6.61 Å². The van der Waals surface area contributed by atoms with Crippen molar-refractivity contribution in [3.63, 3.8) is 0 Å². The number of rotatable bonds is 7. The highest BCUT2D eigenvalue weighted by atomic mass is 35.5. The first-order valence-corrected chi connectivity index (χ1v) is 11.0. The van der Waals surface area contributed by atoms with Crippen LogP contribution in [0.15, 0.2) is 48.5 Å². The number of benzene rings is 2. The van der Waals surface area contributed by atoms with E-state index >= 15 is 0 Å². The SMILES string of the molecule is O=C(COC(=O)C1(c2ccc(Cl)cc2)CCCC1)Nc1cccc(C(=O)NC2CC2)c1. The average molecular weight is 441 g/mol. The highest BCUT2D eigenvalue weighted by molar-refractivity contribution is 6.30. The summed E-state index contributed by atoms with van der Waals surface area (Å²) >= 11 is 5.99. The zero-order chi connectivity index (χ0) is 21.8. The number of hydrogen-bond donors (Lipinski definition) is 2. The molecule has 2 N–H and O–H groups in total. The number of anilines is 1. The number of esters is 1. The summed E-state index contributed by atoms with van der Waals surface area (Å²) in [5.74, 6) is -0.992. The van der Waals surface area contributed by atoms with Crippen LogP contribution in [0.4, 0.5) is 5.69 Å². The van der Waals surface area contributed by atoms with Crippen molar-refractivity contribution in [3.8, 4) is 0 Å². The fourth-order valence-corrected chi connectivity index (χ4v) is 4.19. The van der Waals surface area contributed by atoms with Gasteiger partial charge in [0.1, 0.15) is 0 Å². The molecule has 0 atom stereocenters. The van der Waals surface area contributed by atoms with E-state index in [0.717, 1.165) is 31.2 Å². The molecular weight excluding hydrogens is 416 g/mol. The Morgan fingerprint density at radius 3 is 2.42 bits per heavy atom. The van der Waals surface area contributed by atoms with Gasteiger partial charge in [-0.2, -0.15) is 0 Å². The molecule has 2 amide bonds. The van der Waals surface area contributed by atoms with Crippen LogP contribution in [0.3, 0.4) is 0 Å². The van der Waals surface area contributed by atoms with Gasteiger partial charge in [0, 0.05) is 22.3 Å². The van der Waals surface area contributed by atoms with Crippen molar-refractivity contribution in [2.45, 2.75) is 50.0 Å². The molecular formula is C24H25ClN2O4. The molecule has 6 nitrogen and oxygen atoms in total. The second-order valence-electron chi connectivity index (χ2n) is 8.25. The molecule has 0 aliphatic heterocycles. The van der Waals surface area contributed by atoms with Crippen LogP contribution >= 0.6 is 11.6 Å². The predicted octanol–water partition coefficient (Wildman–Crippen LogP) is 4.23. The van der Waals surface area contributed by atoms with Crippen molar-refractivity contribution >= 4 is 35.1 Å². The Hall–Kier alpha value is -2.86. The minimum Gasteiger partial charge on any atom is -0.455 e. The molecule has 0 saturated heterocycles. The van der Waals surface area contributed by atoms with Crippen molar-refractivity contribution < 1.29 is 19.1 Å².